The van der Waals surface area contributed by atoms with Gasteiger partial charge in [-0.3, -0.25) is 4.79 Å². The van der Waals surface area contributed by atoms with E-state index in [9.17, 15) is 18.0 Å². The predicted molar refractivity (Wildman–Crippen MR) is 124 cm³/mol. The molecule has 1 amide bonds. The number of rotatable bonds is 8. The van der Waals surface area contributed by atoms with Gasteiger partial charge in [0.1, 0.15) is 10.6 Å². The standard InChI is InChI=1S/C23H21ClN2O6S/c1-2-31-19-11-7-6-10-18(19)26-22(27)21(15-8-4-3-5-9-15)32-23(28)16-12-13-17(24)20(14-16)33(25,29)30/h3-14,21H,2H2,1H3,(H,26,27)(H2,25,29,30)/t21-/m1/s1. The molecule has 0 spiro atoms. The number of para-hydroxylation sites is 2. The zero-order valence-corrected chi connectivity index (χ0v) is 19.1. The Morgan fingerprint density at radius 1 is 1.03 bits per heavy atom. The van der Waals surface area contributed by atoms with Crippen LogP contribution in [0.25, 0.3) is 0 Å². The fraction of sp³-hybridized carbons (Fsp3) is 0.130. The molecule has 0 radical (unpaired) electrons. The number of hydrogen-bond acceptors (Lipinski definition) is 6. The van der Waals surface area contributed by atoms with Gasteiger partial charge in [0.05, 0.1) is 22.9 Å². The third-order valence-electron chi connectivity index (χ3n) is 4.48. The Labute approximate surface area is 196 Å². The van der Waals surface area contributed by atoms with Crippen molar-refractivity contribution in [2.45, 2.75) is 17.9 Å². The van der Waals surface area contributed by atoms with Gasteiger partial charge in [-0.25, -0.2) is 18.4 Å². The highest BCUT2D eigenvalue weighted by atomic mass is 35.5. The summed E-state index contributed by atoms with van der Waals surface area (Å²) in [6.45, 7) is 2.21. The van der Waals surface area contributed by atoms with Gasteiger partial charge < -0.3 is 14.8 Å². The summed E-state index contributed by atoms with van der Waals surface area (Å²) < 4.78 is 34.5. The van der Waals surface area contributed by atoms with Crippen molar-refractivity contribution in [1.29, 1.82) is 0 Å². The minimum absolute atomic E-state index is 0.133. The largest absolute Gasteiger partial charge is 0.492 e. The third-order valence-corrected chi connectivity index (χ3v) is 5.88. The molecule has 0 aliphatic rings. The first-order valence-electron chi connectivity index (χ1n) is 9.81. The second-order valence-corrected chi connectivity index (χ2v) is 8.74. The van der Waals surface area contributed by atoms with Gasteiger partial charge in [0.15, 0.2) is 0 Å². The number of carbonyl (C=O) groups excluding carboxylic acids is 2. The lowest BCUT2D eigenvalue weighted by Crippen LogP contribution is -2.26. The quantitative estimate of drug-likeness (QED) is 0.463. The number of halogens is 1. The van der Waals surface area contributed by atoms with Crippen LogP contribution in [0.2, 0.25) is 5.02 Å². The van der Waals surface area contributed by atoms with Crippen LogP contribution in [0, 0.1) is 0 Å². The molecule has 3 N–H and O–H groups in total. The average molecular weight is 489 g/mol. The van der Waals surface area contributed by atoms with Crippen molar-refractivity contribution >= 4 is 39.2 Å². The number of nitrogens with two attached hydrogens (primary N) is 1. The minimum Gasteiger partial charge on any atom is -0.492 e. The molecule has 0 aliphatic carbocycles. The van der Waals surface area contributed by atoms with Crippen LogP contribution in [-0.2, 0) is 19.6 Å². The van der Waals surface area contributed by atoms with Crippen molar-refractivity contribution in [1.82, 2.24) is 0 Å². The Morgan fingerprint density at radius 2 is 1.70 bits per heavy atom. The molecule has 1 atom stereocenters. The molecule has 0 heterocycles. The summed E-state index contributed by atoms with van der Waals surface area (Å²) in [7, 11) is -4.17. The monoisotopic (exact) mass is 488 g/mol. The molecule has 8 nitrogen and oxygen atoms in total. The SMILES string of the molecule is CCOc1ccccc1NC(=O)[C@H](OC(=O)c1ccc(Cl)c(S(N)(=O)=O)c1)c1ccccc1. The number of ether oxygens (including phenoxy) is 2. The van der Waals surface area contributed by atoms with Crippen LogP contribution in [-0.4, -0.2) is 26.9 Å². The molecule has 0 saturated carbocycles. The van der Waals surface area contributed by atoms with E-state index in [1.54, 1.807) is 54.6 Å². The number of primary sulfonamides is 1. The number of sulfonamides is 1. The first-order chi connectivity index (χ1) is 15.7. The number of carbonyl (C=O) groups is 2. The minimum atomic E-state index is -4.17. The molecule has 0 fully saturated rings. The highest BCUT2D eigenvalue weighted by Gasteiger charge is 2.27. The number of anilines is 1. The van der Waals surface area contributed by atoms with Crippen LogP contribution in [0.15, 0.2) is 77.7 Å². The van der Waals surface area contributed by atoms with Crippen molar-refractivity contribution in [3.05, 3.63) is 88.9 Å². The molecule has 33 heavy (non-hydrogen) atoms. The lowest BCUT2D eigenvalue weighted by atomic mass is 10.1. The number of esters is 1. The highest BCUT2D eigenvalue weighted by Crippen LogP contribution is 2.28. The van der Waals surface area contributed by atoms with Gasteiger partial charge in [-0.2, -0.15) is 0 Å². The highest BCUT2D eigenvalue weighted by molar-refractivity contribution is 7.89. The van der Waals surface area contributed by atoms with E-state index in [0.717, 1.165) is 6.07 Å². The molecule has 10 heteroatoms. The van der Waals surface area contributed by atoms with Gasteiger partial charge in [0, 0.05) is 5.56 Å². The molecule has 0 unspecified atom stereocenters. The fourth-order valence-electron chi connectivity index (χ4n) is 2.97. The first kappa shape index (κ1) is 24.2. The fourth-order valence-corrected chi connectivity index (χ4v) is 4.05. The van der Waals surface area contributed by atoms with Crippen LogP contribution in [0.5, 0.6) is 5.75 Å². The second-order valence-electron chi connectivity index (χ2n) is 6.80. The van der Waals surface area contributed by atoms with Crippen molar-refractivity contribution < 1.29 is 27.5 Å². The topological polar surface area (TPSA) is 125 Å². The van der Waals surface area contributed by atoms with Crippen molar-refractivity contribution in [2.75, 3.05) is 11.9 Å². The Kier molecular flexibility index (Phi) is 7.70. The summed E-state index contributed by atoms with van der Waals surface area (Å²) in [6.07, 6.45) is -1.33. The van der Waals surface area contributed by atoms with E-state index in [4.69, 9.17) is 26.2 Å². The summed E-state index contributed by atoms with van der Waals surface area (Å²) in [5.74, 6) is -1.09. The maximum Gasteiger partial charge on any atom is 0.339 e. The molecule has 0 saturated heterocycles. The summed E-state index contributed by atoms with van der Waals surface area (Å²) >= 11 is 5.88. The predicted octanol–water partition coefficient (Wildman–Crippen LogP) is 3.92. The lowest BCUT2D eigenvalue weighted by Gasteiger charge is -2.19. The summed E-state index contributed by atoms with van der Waals surface area (Å²) in [5.41, 5.74) is 0.689. The van der Waals surface area contributed by atoms with E-state index < -0.39 is 32.9 Å². The normalized spacial score (nSPS) is 12.0. The number of nitrogens with one attached hydrogen (secondary N) is 1. The Hall–Kier alpha value is -3.40. The summed E-state index contributed by atoms with van der Waals surface area (Å²) in [5, 5.41) is 7.73. The molecule has 0 bridgehead atoms. The maximum absolute atomic E-state index is 13.1. The third kappa shape index (κ3) is 6.10. The Bertz CT molecular complexity index is 1260. The zero-order valence-electron chi connectivity index (χ0n) is 17.5. The second kappa shape index (κ2) is 10.5. The molecule has 3 aromatic rings. The van der Waals surface area contributed by atoms with Crippen LogP contribution >= 0.6 is 11.6 Å². The molecule has 3 rings (SSSR count). The van der Waals surface area contributed by atoms with Gasteiger partial charge >= 0.3 is 5.97 Å². The number of hydrogen-bond donors (Lipinski definition) is 2. The molecule has 0 aromatic heterocycles. The molecular weight excluding hydrogens is 468 g/mol. The lowest BCUT2D eigenvalue weighted by molar-refractivity contribution is -0.125. The van der Waals surface area contributed by atoms with Gasteiger partial charge in [-0.15, -0.1) is 0 Å². The van der Waals surface area contributed by atoms with Crippen LogP contribution in [0.4, 0.5) is 5.69 Å². The molecule has 3 aromatic carbocycles. The van der Waals surface area contributed by atoms with Gasteiger partial charge in [0.2, 0.25) is 16.1 Å². The van der Waals surface area contributed by atoms with Crippen LogP contribution < -0.4 is 15.2 Å². The van der Waals surface area contributed by atoms with E-state index in [1.165, 1.54) is 12.1 Å². The number of amides is 1. The Morgan fingerprint density at radius 3 is 2.36 bits per heavy atom. The van der Waals surface area contributed by atoms with Gasteiger partial charge in [0.25, 0.3) is 5.91 Å². The molecule has 0 aliphatic heterocycles. The van der Waals surface area contributed by atoms with E-state index in [-0.39, 0.29) is 10.6 Å². The van der Waals surface area contributed by atoms with E-state index >= 15 is 0 Å². The van der Waals surface area contributed by atoms with Crippen LogP contribution in [0.1, 0.15) is 28.9 Å². The number of benzene rings is 3. The van der Waals surface area contributed by atoms with Gasteiger partial charge in [-0.1, -0.05) is 54.1 Å². The van der Waals surface area contributed by atoms with Crippen LogP contribution in [0.3, 0.4) is 0 Å². The van der Waals surface area contributed by atoms with E-state index in [1.807, 2.05) is 6.92 Å². The smallest absolute Gasteiger partial charge is 0.339 e. The van der Waals surface area contributed by atoms with Gasteiger partial charge in [-0.05, 0) is 37.3 Å². The average Bonchev–Trinajstić information content (AvgIpc) is 2.79. The molecular formula is C23H21ClN2O6S. The first-order valence-corrected chi connectivity index (χ1v) is 11.7. The zero-order chi connectivity index (χ0) is 24.0. The molecule has 172 valence electrons. The van der Waals surface area contributed by atoms with Crippen molar-refractivity contribution in [3.8, 4) is 5.75 Å². The van der Waals surface area contributed by atoms with E-state index in [2.05, 4.69) is 5.32 Å². The van der Waals surface area contributed by atoms with Crippen molar-refractivity contribution in [3.63, 3.8) is 0 Å². The van der Waals surface area contributed by atoms with Crippen molar-refractivity contribution in [2.24, 2.45) is 5.14 Å². The Balaban J connectivity index is 1.91. The van der Waals surface area contributed by atoms with E-state index in [0.29, 0.717) is 23.6 Å². The maximum atomic E-state index is 13.1. The summed E-state index contributed by atoms with van der Waals surface area (Å²) in [6, 6.07) is 18.7. The summed E-state index contributed by atoms with van der Waals surface area (Å²) in [4.78, 5) is 25.5.